The molecule has 0 spiro atoms. The van der Waals surface area contributed by atoms with Gasteiger partial charge in [-0.05, 0) is 55.5 Å². The third-order valence-corrected chi connectivity index (χ3v) is 4.82. The number of aromatic nitrogens is 3. The molecule has 0 fully saturated rings. The van der Waals surface area contributed by atoms with Crippen molar-refractivity contribution in [3.63, 3.8) is 0 Å². The summed E-state index contributed by atoms with van der Waals surface area (Å²) in [6.45, 7) is 1.61. The highest BCUT2D eigenvalue weighted by molar-refractivity contribution is 8.00. The molecule has 1 heterocycles. The predicted octanol–water partition coefficient (Wildman–Crippen LogP) is 3.52. The predicted molar refractivity (Wildman–Crippen MR) is 103 cm³/mol. The first-order chi connectivity index (χ1) is 13.0. The topological polar surface area (TPSA) is 86.5 Å². The molecular formula is C19H19N3O4S. The third-order valence-electron chi connectivity index (χ3n) is 3.88. The highest BCUT2D eigenvalue weighted by Gasteiger charge is 2.19. The van der Waals surface area contributed by atoms with Gasteiger partial charge in [-0.1, -0.05) is 11.8 Å². The van der Waals surface area contributed by atoms with E-state index in [-0.39, 0.29) is 0 Å². The summed E-state index contributed by atoms with van der Waals surface area (Å²) >= 11 is 1.10. The van der Waals surface area contributed by atoms with E-state index in [2.05, 4.69) is 10.1 Å². The maximum absolute atomic E-state index is 11.2. The Labute approximate surface area is 161 Å². The van der Waals surface area contributed by atoms with Gasteiger partial charge in [0.1, 0.15) is 16.7 Å². The summed E-state index contributed by atoms with van der Waals surface area (Å²) in [4.78, 5) is 15.7. The molecule has 1 N–H and O–H groups in total. The van der Waals surface area contributed by atoms with Crippen LogP contribution in [0.2, 0.25) is 0 Å². The van der Waals surface area contributed by atoms with E-state index in [0.717, 1.165) is 34.5 Å². The summed E-state index contributed by atoms with van der Waals surface area (Å²) in [6, 6.07) is 14.9. The van der Waals surface area contributed by atoms with Crippen LogP contribution in [0.1, 0.15) is 6.92 Å². The molecule has 0 radical (unpaired) electrons. The van der Waals surface area contributed by atoms with Crippen LogP contribution in [0.5, 0.6) is 11.5 Å². The van der Waals surface area contributed by atoms with Crippen molar-refractivity contribution in [2.45, 2.75) is 17.3 Å². The number of rotatable bonds is 7. The number of hydrogen-bond donors (Lipinski definition) is 1. The number of carboxylic acids is 1. The minimum absolute atomic E-state index is 0.395. The summed E-state index contributed by atoms with van der Waals surface area (Å²) in [5, 5.41) is 13.4. The summed E-state index contributed by atoms with van der Waals surface area (Å²) in [6.07, 6.45) is 0. The second-order valence-corrected chi connectivity index (χ2v) is 6.96. The maximum Gasteiger partial charge on any atom is 0.316 e. The lowest BCUT2D eigenvalue weighted by Gasteiger charge is -2.07. The zero-order valence-electron chi connectivity index (χ0n) is 15.1. The standard InChI is InChI=1S/C19H19N3O4S/c1-12(18(23)24)27-19-20-17(13-4-8-15(25-2)9-5-13)22(21-19)14-6-10-16(26-3)11-7-14/h4-12H,1-3H3,(H,23,24). The first-order valence-corrected chi connectivity index (χ1v) is 9.05. The number of methoxy groups -OCH3 is 2. The van der Waals surface area contributed by atoms with Gasteiger partial charge in [-0.3, -0.25) is 4.79 Å². The average molecular weight is 385 g/mol. The monoisotopic (exact) mass is 385 g/mol. The Morgan fingerprint density at radius 2 is 1.59 bits per heavy atom. The van der Waals surface area contributed by atoms with Crippen LogP contribution in [0, 0.1) is 0 Å². The van der Waals surface area contributed by atoms with Gasteiger partial charge in [-0.25, -0.2) is 9.67 Å². The summed E-state index contributed by atoms with van der Waals surface area (Å²) in [5.74, 6) is 1.18. The zero-order chi connectivity index (χ0) is 19.4. The molecule has 1 unspecified atom stereocenters. The van der Waals surface area contributed by atoms with E-state index < -0.39 is 11.2 Å². The highest BCUT2D eigenvalue weighted by atomic mass is 32.2. The van der Waals surface area contributed by atoms with Gasteiger partial charge in [-0.2, -0.15) is 0 Å². The lowest BCUT2D eigenvalue weighted by molar-refractivity contribution is -0.136. The second-order valence-electron chi connectivity index (χ2n) is 5.65. The fourth-order valence-electron chi connectivity index (χ4n) is 2.38. The summed E-state index contributed by atoms with van der Waals surface area (Å²) in [7, 11) is 3.21. The van der Waals surface area contributed by atoms with Crippen LogP contribution in [-0.2, 0) is 4.79 Å². The molecule has 0 aliphatic heterocycles. The van der Waals surface area contributed by atoms with Gasteiger partial charge in [0.15, 0.2) is 5.82 Å². The van der Waals surface area contributed by atoms with Gasteiger partial charge in [-0.15, -0.1) is 5.10 Å². The van der Waals surface area contributed by atoms with Crippen LogP contribution in [0.25, 0.3) is 17.1 Å². The van der Waals surface area contributed by atoms with Gasteiger partial charge in [0.25, 0.3) is 0 Å². The van der Waals surface area contributed by atoms with Crippen molar-refractivity contribution in [2.24, 2.45) is 0 Å². The molecule has 27 heavy (non-hydrogen) atoms. The largest absolute Gasteiger partial charge is 0.497 e. The smallest absolute Gasteiger partial charge is 0.316 e. The van der Waals surface area contributed by atoms with E-state index in [1.807, 2.05) is 48.5 Å². The van der Waals surface area contributed by atoms with Crippen molar-refractivity contribution >= 4 is 17.7 Å². The maximum atomic E-state index is 11.2. The van der Waals surface area contributed by atoms with E-state index in [1.165, 1.54) is 0 Å². The lowest BCUT2D eigenvalue weighted by atomic mass is 10.2. The van der Waals surface area contributed by atoms with Crippen molar-refractivity contribution < 1.29 is 19.4 Å². The molecule has 0 amide bonds. The molecule has 0 bridgehead atoms. The van der Waals surface area contributed by atoms with Gasteiger partial charge in [0, 0.05) is 5.56 Å². The Balaban J connectivity index is 2.04. The number of aliphatic carboxylic acids is 1. The molecule has 0 saturated heterocycles. The molecule has 0 aliphatic carbocycles. The van der Waals surface area contributed by atoms with E-state index in [1.54, 1.807) is 25.8 Å². The van der Waals surface area contributed by atoms with Crippen LogP contribution in [0.15, 0.2) is 53.7 Å². The van der Waals surface area contributed by atoms with Crippen molar-refractivity contribution in [2.75, 3.05) is 14.2 Å². The van der Waals surface area contributed by atoms with Gasteiger partial charge >= 0.3 is 5.97 Å². The lowest BCUT2D eigenvalue weighted by Crippen LogP contribution is -2.11. The van der Waals surface area contributed by atoms with Crippen LogP contribution < -0.4 is 9.47 Å². The Bertz CT molecular complexity index is 858. The number of hydrogen-bond acceptors (Lipinski definition) is 6. The van der Waals surface area contributed by atoms with Crippen molar-refractivity contribution in [1.82, 2.24) is 14.8 Å². The third kappa shape index (κ3) is 4.22. The molecule has 0 aliphatic rings. The number of carboxylic acid groups (broad SMARTS) is 1. The Morgan fingerprint density at radius 3 is 2.11 bits per heavy atom. The second kappa shape index (κ2) is 8.13. The van der Waals surface area contributed by atoms with Crippen LogP contribution in [0.4, 0.5) is 0 Å². The first-order valence-electron chi connectivity index (χ1n) is 8.17. The Morgan fingerprint density at radius 1 is 1.04 bits per heavy atom. The molecule has 7 nitrogen and oxygen atoms in total. The molecule has 0 saturated carbocycles. The zero-order valence-corrected chi connectivity index (χ0v) is 15.9. The molecule has 3 rings (SSSR count). The van der Waals surface area contributed by atoms with Gasteiger partial charge in [0.05, 0.1) is 19.9 Å². The van der Waals surface area contributed by atoms with Gasteiger partial charge < -0.3 is 14.6 Å². The molecule has 2 aromatic carbocycles. The number of carbonyl (C=O) groups is 1. The fraction of sp³-hybridized carbons (Fsp3) is 0.211. The summed E-state index contributed by atoms with van der Waals surface area (Å²) < 4.78 is 12.1. The average Bonchev–Trinajstić information content (AvgIpc) is 3.11. The van der Waals surface area contributed by atoms with E-state index in [4.69, 9.17) is 14.6 Å². The van der Waals surface area contributed by atoms with E-state index in [9.17, 15) is 4.79 Å². The van der Waals surface area contributed by atoms with Crippen molar-refractivity contribution in [3.05, 3.63) is 48.5 Å². The minimum Gasteiger partial charge on any atom is -0.497 e. The van der Waals surface area contributed by atoms with E-state index >= 15 is 0 Å². The SMILES string of the molecule is COc1ccc(-c2nc(SC(C)C(=O)O)nn2-c2ccc(OC)cc2)cc1. The summed E-state index contributed by atoms with van der Waals surface area (Å²) in [5.41, 5.74) is 1.64. The van der Waals surface area contributed by atoms with Gasteiger partial charge in [0.2, 0.25) is 5.16 Å². The van der Waals surface area contributed by atoms with Crippen LogP contribution in [-0.4, -0.2) is 45.3 Å². The molecular weight excluding hydrogens is 366 g/mol. The molecule has 140 valence electrons. The number of thioether (sulfide) groups is 1. The Kier molecular flexibility index (Phi) is 5.66. The molecule has 3 aromatic rings. The first kappa shape index (κ1) is 18.8. The minimum atomic E-state index is -0.910. The van der Waals surface area contributed by atoms with Crippen molar-refractivity contribution in [3.8, 4) is 28.6 Å². The fourth-order valence-corrected chi connectivity index (χ4v) is 3.07. The quantitative estimate of drug-likeness (QED) is 0.623. The van der Waals surface area contributed by atoms with Crippen LogP contribution in [0.3, 0.4) is 0 Å². The molecule has 1 aromatic heterocycles. The molecule has 8 heteroatoms. The number of ether oxygens (including phenoxy) is 2. The number of nitrogens with zero attached hydrogens (tertiary/aromatic N) is 3. The number of benzene rings is 2. The van der Waals surface area contributed by atoms with E-state index in [0.29, 0.717) is 11.0 Å². The Hall–Kier alpha value is -3.00. The highest BCUT2D eigenvalue weighted by Crippen LogP contribution is 2.28. The normalized spacial score (nSPS) is 11.8. The molecule has 1 atom stereocenters. The van der Waals surface area contributed by atoms with Crippen LogP contribution >= 0.6 is 11.8 Å². The van der Waals surface area contributed by atoms with Crippen molar-refractivity contribution in [1.29, 1.82) is 0 Å².